The lowest BCUT2D eigenvalue weighted by Crippen LogP contribution is -2.26. The van der Waals surface area contributed by atoms with Gasteiger partial charge in [0.15, 0.2) is 11.6 Å². The average molecular weight is 493 g/mol. The van der Waals surface area contributed by atoms with Gasteiger partial charge in [0, 0.05) is 5.39 Å². The van der Waals surface area contributed by atoms with Crippen LogP contribution in [0.2, 0.25) is 0 Å². The van der Waals surface area contributed by atoms with E-state index in [4.69, 9.17) is 0 Å². The molecule has 0 radical (unpaired) electrons. The van der Waals surface area contributed by atoms with E-state index in [0.29, 0.717) is 5.39 Å². The fraction of sp³-hybridized carbons (Fsp3) is 0.667. The molecule has 0 spiro atoms. The molecule has 5 heteroatoms. The fourth-order valence-corrected chi connectivity index (χ4v) is 6.63. The average Bonchev–Trinajstić information content (AvgIpc) is 2.85. The molecule has 2 fully saturated rings. The number of hydrogen-bond donors (Lipinski definition) is 0. The molecule has 2 aliphatic carbocycles. The van der Waals surface area contributed by atoms with Crippen LogP contribution in [0.4, 0.5) is 17.6 Å². The summed E-state index contributed by atoms with van der Waals surface area (Å²) in [6, 6.07) is 7.90. The Bertz CT molecular complexity index is 937. The van der Waals surface area contributed by atoms with Gasteiger partial charge in [-0.05, 0) is 79.2 Å². The number of aryl methyl sites for hydroxylation is 1. The second-order valence-electron chi connectivity index (χ2n) is 11.1. The molecule has 2 saturated carbocycles. The van der Waals surface area contributed by atoms with Crippen LogP contribution in [-0.4, -0.2) is 6.36 Å². The third kappa shape index (κ3) is 7.36. The molecule has 35 heavy (non-hydrogen) atoms. The highest BCUT2D eigenvalue weighted by atomic mass is 19.4. The number of rotatable bonds is 9. The Morgan fingerprint density at radius 3 is 2.03 bits per heavy atom. The van der Waals surface area contributed by atoms with E-state index in [1.807, 2.05) is 12.1 Å². The molecular weight excluding hydrogens is 452 g/mol. The number of alkyl halides is 3. The van der Waals surface area contributed by atoms with Crippen molar-refractivity contribution in [3.8, 4) is 5.75 Å². The van der Waals surface area contributed by atoms with Crippen molar-refractivity contribution in [3.05, 3.63) is 41.7 Å². The molecule has 2 aromatic carbocycles. The van der Waals surface area contributed by atoms with Crippen molar-refractivity contribution in [2.75, 3.05) is 0 Å². The second-order valence-corrected chi connectivity index (χ2v) is 11.1. The predicted molar refractivity (Wildman–Crippen MR) is 134 cm³/mol. The lowest BCUT2D eigenvalue weighted by Gasteiger charge is -2.38. The van der Waals surface area contributed by atoms with Crippen LogP contribution < -0.4 is 4.74 Å². The summed E-state index contributed by atoms with van der Waals surface area (Å²) >= 11 is 0. The minimum atomic E-state index is -4.90. The second kappa shape index (κ2) is 12.0. The molecule has 0 aromatic heterocycles. The molecular formula is C30H40F4O. The molecule has 0 heterocycles. The van der Waals surface area contributed by atoms with E-state index in [-0.39, 0.29) is 5.39 Å². The molecule has 0 N–H and O–H groups in total. The van der Waals surface area contributed by atoms with Crippen LogP contribution >= 0.6 is 0 Å². The summed E-state index contributed by atoms with van der Waals surface area (Å²) in [5.41, 5.74) is 1.12. The quantitative estimate of drug-likeness (QED) is 0.250. The fourth-order valence-electron chi connectivity index (χ4n) is 6.63. The lowest BCUT2D eigenvalue weighted by atomic mass is 9.68. The number of ether oxygens (including phenoxy) is 1. The molecule has 0 atom stereocenters. The maximum absolute atomic E-state index is 14.5. The van der Waals surface area contributed by atoms with Crippen molar-refractivity contribution in [3.63, 3.8) is 0 Å². The maximum Gasteiger partial charge on any atom is 0.573 e. The molecule has 0 amide bonds. The first-order chi connectivity index (χ1) is 16.8. The molecule has 0 saturated heterocycles. The van der Waals surface area contributed by atoms with Gasteiger partial charge in [-0.1, -0.05) is 82.6 Å². The molecule has 0 unspecified atom stereocenters. The van der Waals surface area contributed by atoms with Crippen LogP contribution in [-0.2, 0) is 6.42 Å². The van der Waals surface area contributed by atoms with Gasteiger partial charge >= 0.3 is 6.36 Å². The summed E-state index contributed by atoms with van der Waals surface area (Å²) in [7, 11) is 0. The summed E-state index contributed by atoms with van der Waals surface area (Å²) in [6.45, 7) is 2.28. The van der Waals surface area contributed by atoms with E-state index in [2.05, 4.69) is 11.7 Å². The van der Waals surface area contributed by atoms with Gasteiger partial charge in [0.05, 0.1) is 0 Å². The van der Waals surface area contributed by atoms with E-state index < -0.39 is 17.9 Å². The van der Waals surface area contributed by atoms with E-state index in [1.165, 1.54) is 83.1 Å². The smallest absolute Gasteiger partial charge is 0.403 e. The van der Waals surface area contributed by atoms with Crippen molar-refractivity contribution in [2.24, 2.45) is 23.7 Å². The van der Waals surface area contributed by atoms with E-state index in [1.54, 1.807) is 6.07 Å². The molecule has 4 rings (SSSR count). The summed E-state index contributed by atoms with van der Waals surface area (Å²) < 4.78 is 55.7. The Morgan fingerprint density at radius 2 is 1.43 bits per heavy atom. The Labute approximate surface area is 207 Å². The zero-order valence-electron chi connectivity index (χ0n) is 21.0. The Balaban J connectivity index is 1.22. The Kier molecular flexibility index (Phi) is 8.99. The molecule has 194 valence electrons. The van der Waals surface area contributed by atoms with Gasteiger partial charge in [0.1, 0.15) is 0 Å². The Hall–Kier alpha value is -1.78. The first kappa shape index (κ1) is 26.3. The van der Waals surface area contributed by atoms with E-state index in [9.17, 15) is 17.6 Å². The number of benzene rings is 2. The molecule has 2 aliphatic rings. The highest BCUT2D eigenvalue weighted by molar-refractivity contribution is 5.85. The summed E-state index contributed by atoms with van der Waals surface area (Å²) in [5, 5.41) is 0.777. The van der Waals surface area contributed by atoms with Crippen molar-refractivity contribution in [1.29, 1.82) is 0 Å². The molecule has 0 aliphatic heterocycles. The zero-order chi connectivity index (χ0) is 24.8. The van der Waals surface area contributed by atoms with Crippen molar-refractivity contribution >= 4 is 10.8 Å². The van der Waals surface area contributed by atoms with Gasteiger partial charge in [-0.2, -0.15) is 0 Å². The first-order valence-corrected chi connectivity index (χ1v) is 13.8. The highest BCUT2D eigenvalue weighted by Crippen LogP contribution is 2.43. The molecule has 1 nitrogen and oxygen atoms in total. The summed E-state index contributed by atoms with van der Waals surface area (Å²) in [6.07, 6.45) is 13.8. The first-order valence-electron chi connectivity index (χ1n) is 13.8. The topological polar surface area (TPSA) is 9.23 Å². The van der Waals surface area contributed by atoms with Crippen molar-refractivity contribution in [2.45, 2.75) is 103 Å². The minimum absolute atomic E-state index is 0.163. The SMILES string of the molecule is CCCCCC1CCC(C2CCC(CCc3ccc4c(F)c(OC(F)(F)F)ccc4c3)CC2)CC1. The van der Waals surface area contributed by atoms with Gasteiger partial charge in [-0.15, -0.1) is 13.2 Å². The normalized spacial score (nSPS) is 25.6. The standard InChI is InChI=1S/C30H40F4O/c1-2-3-4-5-21-8-13-24(14-9-21)25-15-10-22(11-16-25)6-7-23-12-18-27-26(20-23)17-19-28(29(27)31)35-30(32,33)34/h12,17-22,24-25H,2-11,13-16H2,1H3. The molecule has 2 aromatic rings. The van der Waals surface area contributed by atoms with Gasteiger partial charge in [0.2, 0.25) is 0 Å². The number of halogens is 4. The maximum atomic E-state index is 14.5. The zero-order valence-corrected chi connectivity index (χ0v) is 21.0. The third-order valence-electron chi connectivity index (χ3n) is 8.72. The van der Waals surface area contributed by atoms with Gasteiger partial charge in [-0.25, -0.2) is 4.39 Å². The van der Waals surface area contributed by atoms with Crippen LogP contribution in [0.5, 0.6) is 5.75 Å². The van der Waals surface area contributed by atoms with E-state index >= 15 is 0 Å². The summed E-state index contributed by atoms with van der Waals surface area (Å²) in [5.74, 6) is 1.85. The van der Waals surface area contributed by atoms with Gasteiger partial charge in [0.25, 0.3) is 0 Å². The summed E-state index contributed by atoms with van der Waals surface area (Å²) in [4.78, 5) is 0. The van der Waals surface area contributed by atoms with Crippen LogP contribution in [0.25, 0.3) is 10.8 Å². The van der Waals surface area contributed by atoms with Crippen LogP contribution in [0.3, 0.4) is 0 Å². The molecule has 0 bridgehead atoms. The third-order valence-corrected chi connectivity index (χ3v) is 8.72. The lowest BCUT2D eigenvalue weighted by molar-refractivity contribution is -0.275. The number of unbranched alkanes of at least 4 members (excludes halogenated alkanes) is 2. The van der Waals surface area contributed by atoms with Gasteiger partial charge in [-0.3, -0.25) is 0 Å². The van der Waals surface area contributed by atoms with Crippen LogP contribution in [0.1, 0.15) is 96.0 Å². The van der Waals surface area contributed by atoms with Crippen molar-refractivity contribution in [1.82, 2.24) is 0 Å². The van der Waals surface area contributed by atoms with E-state index in [0.717, 1.165) is 48.1 Å². The highest BCUT2D eigenvalue weighted by Gasteiger charge is 2.33. The minimum Gasteiger partial charge on any atom is -0.403 e. The van der Waals surface area contributed by atoms with Gasteiger partial charge < -0.3 is 4.74 Å². The van der Waals surface area contributed by atoms with Crippen LogP contribution in [0.15, 0.2) is 30.3 Å². The van der Waals surface area contributed by atoms with Crippen LogP contribution in [0, 0.1) is 29.5 Å². The predicted octanol–water partition coefficient (Wildman–Crippen LogP) is 10.0. The number of hydrogen-bond acceptors (Lipinski definition) is 1. The van der Waals surface area contributed by atoms with Crippen molar-refractivity contribution < 1.29 is 22.3 Å². The Morgan fingerprint density at radius 1 is 0.800 bits per heavy atom. The largest absolute Gasteiger partial charge is 0.573 e. The number of fused-ring (bicyclic) bond motifs is 1. The monoisotopic (exact) mass is 492 g/mol.